The van der Waals surface area contributed by atoms with Gasteiger partial charge in [0.05, 0.1) is 11.4 Å². The summed E-state index contributed by atoms with van der Waals surface area (Å²) in [4.78, 5) is 29.6. The number of benzene rings is 2. The Hall–Kier alpha value is -4.08. The van der Waals surface area contributed by atoms with E-state index in [1.807, 2.05) is 22.8 Å². The van der Waals surface area contributed by atoms with Crippen molar-refractivity contribution in [2.45, 2.75) is 19.8 Å². The number of carbonyl (C=O) groups is 1. The molecule has 1 fully saturated rings. The normalized spacial score (nSPS) is 14.9. The van der Waals surface area contributed by atoms with Crippen molar-refractivity contribution in [3.05, 3.63) is 88.7 Å². The molecule has 0 radical (unpaired) electrons. The molecule has 1 amide bonds. The molecule has 0 unspecified atom stereocenters. The third-order valence-corrected chi connectivity index (χ3v) is 6.51. The largest absolute Gasteiger partial charge is 0.366 e. The fraction of sp³-hybridized carbons (Fsp3) is 0.308. The number of amides is 1. The highest BCUT2D eigenvalue weighted by Crippen LogP contribution is 2.21. The van der Waals surface area contributed by atoms with E-state index < -0.39 is 11.4 Å². The summed E-state index contributed by atoms with van der Waals surface area (Å²) in [6.07, 6.45) is 4.02. The summed E-state index contributed by atoms with van der Waals surface area (Å²) in [5.41, 5.74) is 0.701. The predicted octanol–water partition coefficient (Wildman–Crippen LogP) is 3.08. The highest BCUT2D eigenvalue weighted by Gasteiger charge is 2.24. The van der Waals surface area contributed by atoms with Crippen LogP contribution >= 0.6 is 0 Å². The lowest BCUT2D eigenvalue weighted by molar-refractivity contribution is -0.132. The Bertz CT molecular complexity index is 1460. The number of anilines is 1. The molecule has 0 spiro atoms. The van der Waals surface area contributed by atoms with Crippen molar-refractivity contribution in [2.75, 3.05) is 31.1 Å². The van der Waals surface area contributed by atoms with Crippen molar-refractivity contribution < 1.29 is 13.6 Å². The Balaban J connectivity index is 1.22. The van der Waals surface area contributed by atoms with Crippen LogP contribution in [0.5, 0.6) is 0 Å². The molecule has 3 heterocycles. The number of halogens is 2. The second-order valence-corrected chi connectivity index (χ2v) is 9.10. The van der Waals surface area contributed by atoms with Gasteiger partial charge < -0.3 is 9.80 Å². The summed E-state index contributed by atoms with van der Waals surface area (Å²) in [7, 11) is 0. The number of aromatic nitrogens is 4. The SMILES string of the molecule is C[C@@H](CC(=O)N1CCN(c2ccccc2F)CC1)Cc1nnc2c(=O)n(-c3cccc(F)c3)ccn12. The molecule has 2 aromatic heterocycles. The molecular weight excluding hydrogens is 466 g/mol. The summed E-state index contributed by atoms with van der Waals surface area (Å²) in [6, 6.07) is 12.4. The maximum atomic E-state index is 14.1. The lowest BCUT2D eigenvalue weighted by Gasteiger charge is -2.36. The van der Waals surface area contributed by atoms with Crippen LogP contribution in [-0.4, -0.2) is 56.2 Å². The molecular formula is C26H26F2N6O2. The van der Waals surface area contributed by atoms with Gasteiger partial charge in [0.1, 0.15) is 17.5 Å². The molecule has 36 heavy (non-hydrogen) atoms. The monoisotopic (exact) mass is 492 g/mol. The van der Waals surface area contributed by atoms with Gasteiger partial charge in [-0.05, 0) is 36.2 Å². The first-order valence-electron chi connectivity index (χ1n) is 11.9. The third-order valence-electron chi connectivity index (χ3n) is 6.51. The van der Waals surface area contributed by atoms with E-state index in [0.717, 1.165) is 0 Å². The molecule has 0 N–H and O–H groups in total. The molecule has 8 nitrogen and oxygen atoms in total. The molecule has 0 bridgehead atoms. The van der Waals surface area contributed by atoms with Gasteiger partial charge in [-0.15, -0.1) is 10.2 Å². The molecule has 0 saturated carbocycles. The van der Waals surface area contributed by atoms with E-state index in [9.17, 15) is 18.4 Å². The molecule has 1 saturated heterocycles. The van der Waals surface area contributed by atoms with Gasteiger partial charge in [-0.25, -0.2) is 8.78 Å². The van der Waals surface area contributed by atoms with Crippen LogP contribution in [0.15, 0.2) is 65.7 Å². The quantitative estimate of drug-likeness (QED) is 0.414. The minimum absolute atomic E-state index is 0.0276. The Morgan fingerprint density at radius 2 is 1.78 bits per heavy atom. The average molecular weight is 493 g/mol. The molecule has 5 rings (SSSR count). The molecule has 1 atom stereocenters. The highest BCUT2D eigenvalue weighted by molar-refractivity contribution is 5.76. The van der Waals surface area contributed by atoms with Gasteiger partial charge in [-0.3, -0.25) is 18.6 Å². The van der Waals surface area contributed by atoms with Gasteiger partial charge >= 0.3 is 5.56 Å². The molecule has 186 valence electrons. The van der Waals surface area contributed by atoms with Gasteiger partial charge in [-0.2, -0.15) is 0 Å². The van der Waals surface area contributed by atoms with Crippen molar-refractivity contribution in [1.29, 1.82) is 0 Å². The van der Waals surface area contributed by atoms with Crippen LogP contribution < -0.4 is 10.5 Å². The first-order chi connectivity index (χ1) is 17.4. The summed E-state index contributed by atoms with van der Waals surface area (Å²) in [5, 5.41) is 8.23. The van der Waals surface area contributed by atoms with Crippen molar-refractivity contribution in [3.8, 4) is 5.69 Å². The lowest BCUT2D eigenvalue weighted by Crippen LogP contribution is -2.49. The first-order valence-corrected chi connectivity index (χ1v) is 11.9. The number of piperazine rings is 1. The maximum Gasteiger partial charge on any atom is 0.300 e. The summed E-state index contributed by atoms with van der Waals surface area (Å²) < 4.78 is 30.6. The molecule has 4 aromatic rings. The zero-order valence-corrected chi connectivity index (χ0v) is 19.8. The fourth-order valence-electron chi connectivity index (χ4n) is 4.62. The molecule has 1 aliphatic rings. The second kappa shape index (κ2) is 9.88. The van der Waals surface area contributed by atoms with E-state index >= 15 is 0 Å². The Morgan fingerprint density at radius 3 is 2.53 bits per heavy atom. The maximum absolute atomic E-state index is 14.1. The predicted molar refractivity (Wildman–Crippen MR) is 131 cm³/mol. The van der Waals surface area contributed by atoms with E-state index in [0.29, 0.717) is 56.2 Å². The van der Waals surface area contributed by atoms with Crippen LogP contribution in [0.25, 0.3) is 11.3 Å². The Kier molecular flexibility index (Phi) is 6.49. The van der Waals surface area contributed by atoms with Crippen molar-refractivity contribution >= 4 is 17.2 Å². The molecule has 0 aliphatic carbocycles. The minimum Gasteiger partial charge on any atom is -0.366 e. The zero-order valence-electron chi connectivity index (χ0n) is 19.8. The van der Waals surface area contributed by atoms with Crippen LogP contribution in [0, 0.1) is 17.6 Å². The Labute approximate surface area is 206 Å². The summed E-state index contributed by atoms with van der Waals surface area (Å²) in [5.74, 6) is -0.0982. The number of para-hydroxylation sites is 1. The van der Waals surface area contributed by atoms with Crippen LogP contribution in [0.2, 0.25) is 0 Å². The van der Waals surface area contributed by atoms with E-state index in [1.165, 1.54) is 28.8 Å². The van der Waals surface area contributed by atoms with E-state index in [-0.39, 0.29) is 23.3 Å². The summed E-state index contributed by atoms with van der Waals surface area (Å²) in [6.45, 7) is 4.18. The number of rotatable bonds is 6. The number of carbonyl (C=O) groups excluding carboxylic acids is 1. The first kappa shape index (κ1) is 23.7. The fourth-order valence-corrected chi connectivity index (χ4v) is 4.62. The highest BCUT2D eigenvalue weighted by atomic mass is 19.1. The van der Waals surface area contributed by atoms with Gasteiger partial charge in [0.15, 0.2) is 0 Å². The smallest absolute Gasteiger partial charge is 0.300 e. The standard InChI is InChI=1S/C26H26F2N6O2/c1-18(16-24(35)32-11-9-31(10-12-32)22-8-3-2-7-21(22)28)15-23-29-30-25-26(36)33(13-14-34(23)25)20-6-4-5-19(27)17-20/h2-8,13-14,17-18H,9-12,15-16H2,1H3/t18-/m1/s1. The Morgan fingerprint density at radius 1 is 1.00 bits per heavy atom. The summed E-state index contributed by atoms with van der Waals surface area (Å²) >= 11 is 0. The van der Waals surface area contributed by atoms with Gasteiger partial charge in [0.25, 0.3) is 0 Å². The van der Waals surface area contributed by atoms with Crippen molar-refractivity contribution in [2.24, 2.45) is 5.92 Å². The number of hydrogen-bond donors (Lipinski definition) is 0. The van der Waals surface area contributed by atoms with Crippen LogP contribution in [0.1, 0.15) is 19.2 Å². The third kappa shape index (κ3) is 4.71. The number of fused-ring (bicyclic) bond motifs is 1. The lowest BCUT2D eigenvalue weighted by atomic mass is 10.0. The van der Waals surface area contributed by atoms with E-state index in [4.69, 9.17) is 0 Å². The van der Waals surface area contributed by atoms with Gasteiger partial charge in [-0.1, -0.05) is 25.1 Å². The molecule has 1 aliphatic heterocycles. The van der Waals surface area contributed by atoms with E-state index in [2.05, 4.69) is 10.2 Å². The van der Waals surface area contributed by atoms with Gasteiger partial charge in [0, 0.05) is 51.4 Å². The van der Waals surface area contributed by atoms with Crippen LogP contribution in [-0.2, 0) is 11.2 Å². The van der Waals surface area contributed by atoms with E-state index in [1.54, 1.807) is 35.0 Å². The van der Waals surface area contributed by atoms with Crippen molar-refractivity contribution in [1.82, 2.24) is 24.1 Å². The number of hydrogen-bond acceptors (Lipinski definition) is 5. The second-order valence-electron chi connectivity index (χ2n) is 9.10. The molecule has 2 aromatic carbocycles. The minimum atomic E-state index is -0.437. The van der Waals surface area contributed by atoms with Crippen LogP contribution in [0.4, 0.5) is 14.5 Å². The zero-order chi connectivity index (χ0) is 25.2. The van der Waals surface area contributed by atoms with Crippen LogP contribution in [0.3, 0.4) is 0 Å². The van der Waals surface area contributed by atoms with Crippen molar-refractivity contribution in [3.63, 3.8) is 0 Å². The topological polar surface area (TPSA) is 75.7 Å². The average Bonchev–Trinajstić information content (AvgIpc) is 3.28. The van der Waals surface area contributed by atoms with Gasteiger partial charge in [0.2, 0.25) is 11.6 Å². The molecule has 10 heteroatoms. The number of nitrogens with zero attached hydrogens (tertiary/aromatic N) is 6.